The van der Waals surface area contributed by atoms with Crippen LogP contribution in [-0.4, -0.2) is 31.1 Å². The van der Waals surface area contributed by atoms with Gasteiger partial charge in [0.15, 0.2) is 0 Å². The summed E-state index contributed by atoms with van der Waals surface area (Å²) in [7, 11) is 0. The molecular weight excluding hydrogens is 377 g/mol. The van der Waals surface area contributed by atoms with E-state index in [4.69, 9.17) is 0 Å². The van der Waals surface area contributed by atoms with Crippen LogP contribution in [0.2, 0.25) is 0 Å². The van der Waals surface area contributed by atoms with Crippen molar-refractivity contribution < 1.29 is 30.7 Å². The van der Waals surface area contributed by atoms with E-state index < -0.39 is 40.9 Å². The minimum Gasteiger partial charge on any atom is -0.314 e. The minimum atomic E-state index is -5.08. The average molecular weight is 400 g/mol. The van der Waals surface area contributed by atoms with E-state index >= 15 is 0 Å². The van der Waals surface area contributed by atoms with Gasteiger partial charge in [0.05, 0.1) is 11.1 Å². The van der Waals surface area contributed by atoms with Crippen molar-refractivity contribution in [1.29, 1.82) is 0 Å². The summed E-state index contributed by atoms with van der Waals surface area (Å²) in [6.07, 6.45) is -9.36. The summed E-state index contributed by atoms with van der Waals surface area (Å²) in [6, 6.07) is -0.716. The molecule has 1 aromatic carbocycles. The molecule has 2 rings (SSSR count). The molecule has 0 radical (unpaired) electrons. The topological polar surface area (TPSA) is 15.3 Å². The third-order valence-electron chi connectivity index (χ3n) is 4.71. The highest BCUT2D eigenvalue weighted by atomic mass is 19.4. The second-order valence-electron chi connectivity index (χ2n) is 7.19. The van der Waals surface area contributed by atoms with Gasteiger partial charge in [-0.15, -0.1) is 0 Å². The molecule has 0 bridgehead atoms. The van der Waals surface area contributed by atoms with E-state index in [9.17, 15) is 30.7 Å². The number of alkyl halides is 6. The predicted molar refractivity (Wildman–Crippen MR) is 87.7 cm³/mol. The molecule has 1 atom stereocenters. The quantitative estimate of drug-likeness (QED) is 0.680. The highest BCUT2D eigenvalue weighted by Crippen LogP contribution is 2.43. The van der Waals surface area contributed by atoms with Crippen LogP contribution in [0.3, 0.4) is 0 Å². The van der Waals surface area contributed by atoms with Crippen LogP contribution in [0.25, 0.3) is 0 Å². The fourth-order valence-corrected chi connectivity index (χ4v) is 3.35. The first-order valence-corrected chi connectivity index (χ1v) is 8.84. The Hall–Kier alpha value is -1.35. The Morgan fingerprint density at radius 1 is 0.963 bits per heavy atom. The van der Waals surface area contributed by atoms with Crippen LogP contribution < -0.4 is 5.32 Å². The molecule has 1 aromatic rings. The van der Waals surface area contributed by atoms with Crippen LogP contribution in [0, 0.1) is 11.7 Å². The van der Waals surface area contributed by atoms with Crippen molar-refractivity contribution in [1.82, 2.24) is 10.2 Å². The van der Waals surface area contributed by atoms with Gasteiger partial charge in [-0.1, -0.05) is 13.8 Å². The summed E-state index contributed by atoms with van der Waals surface area (Å²) >= 11 is 0. The van der Waals surface area contributed by atoms with Gasteiger partial charge in [-0.2, -0.15) is 26.3 Å². The Labute approximate surface area is 153 Å². The van der Waals surface area contributed by atoms with Crippen molar-refractivity contribution in [3.63, 3.8) is 0 Å². The van der Waals surface area contributed by atoms with Gasteiger partial charge in [0.25, 0.3) is 0 Å². The summed E-state index contributed by atoms with van der Waals surface area (Å²) in [6.45, 7) is 5.65. The summed E-state index contributed by atoms with van der Waals surface area (Å²) < 4.78 is 94.1. The number of nitrogens with one attached hydrogen (secondary N) is 1. The molecule has 0 aliphatic carbocycles. The number of hydrogen-bond donors (Lipinski definition) is 1. The van der Waals surface area contributed by atoms with Gasteiger partial charge >= 0.3 is 12.4 Å². The zero-order valence-electron chi connectivity index (χ0n) is 15.1. The molecule has 1 heterocycles. The molecule has 1 fully saturated rings. The van der Waals surface area contributed by atoms with E-state index in [0.717, 1.165) is 0 Å². The molecule has 1 N–H and O–H groups in total. The van der Waals surface area contributed by atoms with Gasteiger partial charge in [-0.25, -0.2) is 4.39 Å². The lowest BCUT2D eigenvalue weighted by molar-refractivity contribution is -0.144. The number of benzene rings is 1. The van der Waals surface area contributed by atoms with Crippen LogP contribution in [0.4, 0.5) is 30.7 Å². The van der Waals surface area contributed by atoms with Crippen molar-refractivity contribution in [3.05, 3.63) is 34.6 Å². The second-order valence-corrected chi connectivity index (χ2v) is 7.19. The van der Waals surface area contributed by atoms with Crippen LogP contribution >= 0.6 is 0 Å². The maximum atomic E-state index is 14.7. The van der Waals surface area contributed by atoms with E-state index in [0.29, 0.717) is 32.6 Å². The van der Waals surface area contributed by atoms with E-state index in [2.05, 4.69) is 5.32 Å². The molecule has 154 valence electrons. The summed E-state index contributed by atoms with van der Waals surface area (Å²) in [5.74, 6) is -1.29. The lowest BCUT2D eigenvalue weighted by Crippen LogP contribution is -2.45. The Kier molecular flexibility index (Phi) is 6.78. The molecular formula is C18H23F7N2. The van der Waals surface area contributed by atoms with Gasteiger partial charge in [-0.05, 0) is 30.9 Å². The third kappa shape index (κ3) is 5.57. The van der Waals surface area contributed by atoms with Crippen molar-refractivity contribution in [3.8, 4) is 0 Å². The number of piperazine rings is 1. The fraction of sp³-hybridized carbons (Fsp3) is 0.667. The van der Waals surface area contributed by atoms with Crippen LogP contribution in [0.1, 0.15) is 49.4 Å². The molecule has 0 saturated carbocycles. The normalized spacial score (nSPS) is 18.1. The van der Waals surface area contributed by atoms with Gasteiger partial charge in [0.2, 0.25) is 0 Å². The van der Waals surface area contributed by atoms with Crippen molar-refractivity contribution >= 4 is 0 Å². The lowest BCUT2D eigenvalue weighted by Gasteiger charge is -2.37. The van der Waals surface area contributed by atoms with Gasteiger partial charge in [-0.3, -0.25) is 4.90 Å². The van der Waals surface area contributed by atoms with E-state index in [1.54, 1.807) is 4.90 Å². The molecule has 9 heteroatoms. The molecule has 0 unspecified atom stereocenters. The maximum Gasteiger partial charge on any atom is 0.416 e. The summed E-state index contributed by atoms with van der Waals surface area (Å²) in [5, 5.41) is 3.07. The fourth-order valence-electron chi connectivity index (χ4n) is 3.35. The first-order valence-electron chi connectivity index (χ1n) is 8.84. The van der Waals surface area contributed by atoms with Gasteiger partial charge < -0.3 is 5.32 Å². The Morgan fingerprint density at radius 2 is 1.56 bits per heavy atom. The Bertz CT molecular complexity index is 632. The number of rotatable bonds is 5. The van der Waals surface area contributed by atoms with Crippen molar-refractivity contribution in [2.24, 2.45) is 5.92 Å². The second kappa shape index (κ2) is 8.34. The molecule has 1 saturated heterocycles. The van der Waals surface area contributed by atoms with Crippen LogP contribution in [0.15, 0.2) is 12.1 Å². The zero-order valence-corrected chi connectivity index (χ0v) is 15.1. The number of nitrogens with zero attached hydrogens (tertiary/aromatic N) is 1. The first-order chi connectivity index (χ1) is 12.4. The van der Waals surface area contributed by atoms with Crippen molar-refractivity contribution in [2.45, 2.75) is 45.1 Å². The summed E-state index contributed by atoms with van der Waals surface area (Å²) in [5.41, 5.74) is -3.85. The maximum absolute atomic E-state index is 14.7. The molecule has 2 nitrogen and oxygen atoms in total. The Morgan fingerprint density at radius 3 is 2.04 bits per heavy atom. The standard InChI is InChI=1S/C18H23F7N2/c1-11(2)3-4-15(27-7-5-26-6-8-27)16-13(18(23,24)25)9-12(10-14(16)19)17(20,21)22/h9-11,15,26H,3-8H2,1-2H3/t15-/m1/s1. The highest BCUT2D eigenvalue weighted by molar-refractivity contribution is 5.39. The molecule has 1 aliphatic heterocycles. The smallest absolute Gasteiger partial charge is 0.314 e. The molecule has 0 aromatic heterocycles. The third-order valence-corrected chi connectivity index (χ3v) is 4.71. The highest BCUT2D eigenvalue weighted by Gasteiger charge is 2.42. The molecule has 27 heavy (non-hydrogen) atoms. The van der Waals surface area contributed by atoms with E-state index in [1.807, 2.05) is 13.8 Å². The number of hydrogen-bond acceptors (Lipinski definition) is 2. The monoisotopic (exact) mass is 400 g/mol. The number of halogens is 7. The first kappa shape index (κ1) is 21.9. The van der Waals surface area contributed by atoms with E-state index in [-0.39, 0.29) is 24.5 Å². The zero-order chi connectivity index (χ0) is 20.4. The van der Waals surface area contributed by atoms with E-state index in [1.165, 1.54) is 0 Å². The van der Waals surface area contributed by atoms with Crippen LogP contribution in [-0.2, 0) is 12.4 Å². The molecule has 0 spiro atoms. The average Bonchev–Trinajstić information content (AvgIpc) is 2.54. The molecule has 0 amide bonds. The predicted octanol–water partition coefficient (Wildman–Crippen LogP) is 5.25. The van der Waals surface area contributed by atoms with Crippen molar-refractivity contribution in [2.75, 3.05) is 26.2 Å². The SMILES string of the molecule is CC(C)CC[C@H](c1c(F)cc(C(F)(F)F)cc1C(F)(F)F)N1CCNCC1. The summed E-state index contributed by atoms with van der Waals surface area (Å²) in [4.78, 5) is 1.72. The minimum absolute atomic E-state index is 0.0307. The van der Waals surface area contributed by atoms with Crippen LogP contribution in [0.5, 0.6) is 0 Å². The largest absolute Gasteiger partial charge is 0.416 e. The Balaban J connectivity index is 2.58. The van der Waals surface area contributed by atoms with Gasteiger partial charge in [0.1, 0.15) is 5.82 Å². The van der Waals surface area contributed by atoms with Gasteiger partial charge in [0, 0.05) is 37.8 Å². The molecule has 1 aliphatic rings. The lowest BCUT2D eigenvalue weighted by atomic mass is 9.90.